The van der Waals surface area contributed by atoms with Gasteiger partial charge in [-0.2, -0.15) is 0 Å². The van der Waals surface area contributed by atoms with E-state index < -0.39 is 0 Å². The molecule has 2 rings (SSSR count). The lowest BCUT2D eigenvalue weighted by molar-refractivity contribution is -0.125. The first-order valence-electron chi connectivity index (χ1n) is 7.45. The average Bonchev–Trinajstić information content (AvgIpc) is 2.54. The number of piperazine rings is 1. The van der Waals surface area contributed by atoms with Crippen molar-refractivity contribution in [2.75, 3.05) is 57.4 Å². The summed E-state index contributed by atoms with van der Waals surface area (Å²) in [6.45, 7) is 9.63. The highest BCUT2D eigenvalue weighted by Crippen LogP contribution is 2.15. The van der Waals surface area contributed by atoms with Crippen LogP contribution in [0.2, 0.25) is 0 Å². The minimum absolute atomic E-state index is 0.0680. The number of hydrogen-bond acceptors (Lipinski definition) is 4. The fourth-order valence-electron chi connectivity index (χ4n) is 2.44. The van der Waals surface area contributed by atoms with Gasteiger partial charge in [-0.05, 0) is 19.1 Å². The second kappa shape index (κ2) is 8.64. The van der Waals surface area contributed by atoms with E-state index in [4.69, 9.17) is 4.74 Å². The van der Waals surface area contributed by atoms with E-state index in [0.717, 1.165) is 32.7 Å². The van der Waals surface area contributed by atoms with Crippen molar-refractivity contribution in [3.05, 3.63) is 37.3 Å². The summed E-state index contributed by atoms with van der Waals surface area (Å²) in [6.07, 6.45) is 0. The monoisotopic (exact) mass is 290 g/mol. The van der Waals surface area contributed by atoms with Crippen molar-refractivity contribution < 1.29 is 9.53 Å². The Bertz CT molecular complexity index is 417. The smallest absolute Gasteiger partial charge is 0.246 e. The minimum atomic E-state index is -0.0680. The zero-order chi connectivity index (χ0) is 14.9. The van der Waals surface area contributed by atoms with Gasteiger partial charge in [-0.3, -0.25) is 9.69 Å². The summed E-state index contributed by atoms with van der Waals surface area (Å²) in [5, 5.41) is 2.86. The van der Waals surface area contributed by atoms with Gasteiger partial charge in [-0.15, -0.1) is 0 Å². The molecule has 115 valence electrons. The molecule has 1 aromatic rings. The molecule has 0 aromatic heterocycles. The van der Waals surface area contributed by atoms with Gasteiger partial charge in [0.15, 0.2) is 0 Å². The maximum Gasteiger partial charge on any atom is 0.246 e. The number of nitrogens with one attached hydrogen (secondary N) is 1. The molecular formula is C16H24N3O2. The number of amides is 1. The lowest BCUT2D eigenvalue weighted by Gasteiger charge is -2.36. The molecule has 1 saturated heterocycles. The summed E-state index contributed by atoms with van der Waals surface area (Å²) in [6, 6.07) is 10.5. The molecule has 0 unspecified atom stereocenters. The minimum Gasteiger partial charge on any atom is -0.372 e. The van der Waals surface area contributed by atoms with Crippen LogP contribution in [0.15, 0.2) is 30.3 Å². The van der Waals surface area contributed by atoms with Gasteiger partial charge in [0, 0.05) is 51.6 Å². The van der Waals surface area contributed by atoms with Gasteiger partial charge in [0.25, 0.3) is 0 Å². The average molecular weight is 290 g/mol. The molecule has 5 heteroatoms. The van der Waals surface area contributed by atoms with Crippen LogP contribution < -0.4 is 10.2 Å². The van der Waals surface area contributed by atoms with E-state index in [9.17, 15) is 4.79 Å². The van der Waals surface area contributed by atoms with Crippen molar-refractivity contribution in [2.45, 2.75) is 0 Å². The highest BCUT2D eigenvalue weighted by molar-refractivity contribution is 5.77. The van der Waals surface area contributed by atoms with E-state index in [1.807, 2.05) is 6.07 Å². The number of para-hydroxylation sites is 1. The van der Waals surface area contributed by atoms with Crippen molar-refractivity contribution in [3.63, 3.8) is 0 Å². The summed E-state index contributed by atoms with van der Waals surface area (Å²) >= 11 is 0. The van der Waals surface area contributed by atoms with Crippen LogP contribution >= 0.6 is 0 Å². The molecule has 0 saturated carbocycles. The quantitative estimate of drug-likeness (QED) is 0.806. The largest absolute Gasteiger partial charge is 0.372 e. The predicted octanol–water partition coefficient (Wildman–Crippen LogP) is 0.775. The number of ether oxygens (including phenoxy) is 1. The molecule has 0 atom stereocenters. The molecule has 0 spiro atoms. The Kier molecular flexibility index (Phi) is 6.50. The molecule has 1 N–H and O–H groups in total. The zero-order valence-corrected chi connectivity index (χ0v) is 12.5. The molecule has 1 aliphatic heterocycles. The normalized spacial score (nSPS) is 16.0. The summed E-state index contributed by atoms with van der Waals surface area (Å²) in [7, 11) is 0. The summed E-state index contributed by atoms with van der Waals surface area (Å²) in [5.41, 5.74) is 1.29. The number of anilines is 1. The first kappa shape index (κ1) is 15.8. The van der Waals surface area contributed by atoms with Gasteiger partial charge < -0.3 is 15.0 Å². The Morgan fingerprint density at radius 2 is 1.90 bits per heavy atom. The molecule has 1 amide bonds. The third-order valence-electron chi connectivity index (χ3n) is 3.62. The molecule has 1 heterocycles. The van der Waals surface area contributed by atoms with Crippen molar-refractivity contribution in [2.24, 2.45) is 0 Å². The van der Waals surface area contributed by atoms with Gasteiger partial charge >= 0.3 is 0 Å². The maximum absolute atomic E-state index is 11.4. The van der Waals surface area contributed by atoms with Crippen molar-refractivity contribution in [3.8, 4) is 0 Å². The molecule has 0 aliphatic carbocycles. The number of hydrogen-bond donors (Lipinski definition) is 1. The van der Waals surface area contributed by atoms with Crippen LogP contribution in [0.3, 0.4) is 0 Å². The summed E-state index contributed by atoms with van der Waals surface area (Å²) in [4.78, 5) is 16.2. The van der Waals surface area contributed by atoms with E-state index in [0.29, 0.717) is 13.2 Å². The lowest BCUT2D eigenvalue weighted by atomic mass is 10.2. The molecule has 21 heavy (non-hydrogen) atoms. The van der Waals surface area contributed by atoms with E-state index in [1.165, 1.54) is 5.69 Å². The molecule has 0 bridgehead atoms. The van der Waals surface area contributed by atoms with E-state index in [1.54, 1.807) is 0 Å². The van der Waals surface area contributed by atoms with Gasteiger partial charge in [-0.25, -0.2) is 0 Å². The Morgan fingerprint density at radius 1 is 1.19 bits per heavy atom. The molecule has 1 fully saturated rings. The fraction of sp³-hybridized carbons (Fsp3) is 0.500. The molecular weight excluding hydrogens is 266 g/mol. The number of nitrogens with zero attached hydrogens (tertiary/aromatic N) is 2. The summed E-state index contributed by atoms with van der Waals surface area (Å²) in [5.74, 6) is -0.0680. The highest BCUT2D eigenvalue weighted by atomic mass is 16.5. The second-order valence-electron chi connectivity index (χ2n) is 5.07. The van der Waals surface area contributed by atoms with Crippen LogP contribution in [0.25, 0.3) is 0 Å². The highest BCUT2D eigenvalue weighted by Gasteiger charge is 2.16. The number of carbonyl (C=O) groups excluding carboxylic acids is 1. The van der Waals surface area contributed by atoms with Crippen LogP contribution in [0.4, 0.5) is 5.69 Å². The number of carbonyl (C=O) groups is 1. The van der Waals surface area contributed by atoms with Gasteiger partial charge in [0.1, 0.15) is 6.61 Å². The van der Waals surface area contributed by atoms with E-state index in [2.05, 4.69) is 46.3 Å². The fourth-order valence-corrected chi connectivity index (χ4v) is 2.44. The topological polar surface area (TPSA) is 44.8 Å². The van der Waals surface area contributed by atoms with Crippen LogP contribution in [0.5, 0.6) is 0 Å². The molecule has 1 aliphatic rings. The second-order valence-corrected chi connectivity index (χ2v) is 5.07. The van der Waals surface area contributed by atoms with Crippen molar-refractivity contribution in [1.82, 2.24) is 10.2 Å². The van der Waals surface area contributed by atoms with Gasteiger partial charge in [0.05, 0.1) is 0 Å². The SMILES string of the molecule is [CH2]COCC(=O)NCCN1CCN(c2ccccc2)CC1. The first-order valence-corrected chi connectivity index (χ1v) is 7.45. The van der Waals surface area contributed by atoms with Crippen LogP contribution in [-0.4, -0.2) is 63.3 Å². The number of benzene rings is 1. The van der Waals surface area contributed by atoms with Gasteiger partial charge in [-0.1, -0.05) is 18.2 Å². The third-order valence-corrected chi connectivity index (χ3v) is 3.62. The Morgan fingerprint density at radius 3 is 2.57 bits per heavy atom. The van der Waals surface area contributed by atoms with Crippen molar-refractivity contribution >= 4 is 11.6 Å². The maximum atomic E-state index is 11.4. The van der Waals surface area contributed by atoms with E-state index >= 15 is 0 Å². The van der Waals surface area contributed by atoms with Gasteiger partial charge in [0.2, 0.25) is 5.91 Å². The Hall–Kier alpha value is -1.59. The Balaban J connectivity index is 1.62. The van der Waals surface area contributed by atoms with Crippen LogP contribution in [-0.2, 0) is 9.53 Å². The zero-order valence-electron chi connectivity index (χ0n) is 12.5. The summed E-state index contributed by atoms with van der Waals surface area (Å²) < 4.78 is 4.96. The third kappa shape index (κ3) is 5.36. The van der Waals surface area contributed by atoms with Crippen LogP contribution in [0, 0.1) is 6.92 Å². The van der Waals surface area contributed by atoms with Crippen LogP contribution in [0.1, 0.15) is 0 Å². The first-order chi connectivity index (χ1) is 10.3. The molecule has 1 aromatic carbocycles. The Labute approximate surface area is 126 Å². The van der Waals surface area contributed by atoms with E-state index in [-0.39, 0.29) is 12.5 Å². The number of rotatable bonds is 7. The molecule has 1 radical (unpaired) electrons. The predicted molar refractivity (Wildman–Crippen MR) is 84.3 cm³/mol. The van der Waals surface area contributed by atoms with Crippen molar-refractivity contribution in [1.29, 1.82) is 0 Å². The lowest BCUT2D eigenvalue weighted by Crippen LogP contribution is -2.48. The molecule has 5 nitrogen and oxygen atoms in total. The standard InChI is InChI=1S/C16H24N3O2/c1-2-21-14-16(20)17-8-9-18-10-12-19(13-11-18)15-6-4-3-5-7-15/h3-7H,1-2,8-14H2,(H,17,20).